The average molecular weight is 352 g/mol. The predicted molar refractivity (Wildman–Crippen MR) is 96.8 cm³/mol. The lowest BCUT2D eigenvalue weighted by Gasteiger charge is -2.32. The fourth-order valence-corrected chi connectivity index (χ4v) is 4.37. The minimum atomic E-state index is -3.23. The zero-order chi connectivity index (χ0) is 17.2. The van der Waals surface area contributed by atoms with Crippen LogP contribution in [0.4, 0.5) is 0 Å². The molecule has 24 heavy (non-hydrogen) atoms. The number of rotatable bonds is 7. The second kappa shape index (κ2) is 7.44. The van der Waals surface area contributed by atoms with Gasteiger partial charge in [-0.15, -0.1) is 0 Å². The van der Waals surface area contributed by atoms with E-state index in [2.05, 4.69) is 16.9 Å². The van der Waals surface area contributed by atoms with Gasteiger partial charge in [0, 0.05) is 12.0 Å². The van der Waals surface area contributed by atoms with Gasteiger partial charge in [0.1, 0.15) is 5.75 Å². The highest BCUT2D eigenvalue weighted by Gasteiger charge is 2.30. The molecule has 0 heterocycles. The molecule has 3 rings (SSSR count). The minimum Gasteiger partial charge on any atom is -0.493 e. The summed E-state index contributed by atoms with van der Waals surface area (Å²) in [7, 11) is -3.23. The Morgan fingerprint density at radius 3 is 2.38 bits per heavy atom. The summed E-state index contributed by atoms with van der Waals surface area (Å²) in [4.78, 5) is 0. The highest BCUT2D eigenvalue weighted by Crippen LogP contribution is 2.40. The van der Waals surface area contributed by atoms with E-state index in [1.807, 2.05) is 12.1 Å². The number of hydrogen-bond donors (Lipinski definition) is 1. The van der Waals surface area contributed by atoms with Crippen molar-refractivity contribution in [3.05, 3.63) is 29.8 Å². The second-order valence-corrected chi connectivity index (χ2v) is 9.79. The molecule has 4 nitrogen and oxygen atoms in total. The SMILES string of the molecule is CC(C)S(=O)(=O)N[C@H]1CCCC[C@@H]1COc1ccc(C2CC2)cc1. The van der Waals surface area contributed by atoms with E-state index in [-0.39, 0.29) is 12.0 Å². The van der Waals surface area contributed by atoms with E-state index in [9.17, 15) is 8.42 Å². The molecule has 5 heteroatoms. The number of sulfonamides is 1. The molecule has 0 aromatic heterocycles. The summed E-state index contributed by atoms with van der Waals surface area (Å²) < 4.78 is 33.2. The molecule has 2 fully saturated rings. The smallest absolute Gasteiger partial charge is 0.214 e. The molecular weight excluding hydrogens is 322 g/mol. The molecule has 0 radical (unpaired) electrons. The minimum absolute atomic E-state index is 0.00288. The van der Waals surface area contributed by atoms with E-state index in [4.69, 9.17) is 4.74 Å². The van der Waals surface area contributed by atoms with Gasteiger partial charge in [-0.25, -0.2) is 13.1 Å². The van der Waals surface area contributed by atoms with Crippen LogP contribution in [0.15, 0.2) is 24.3 Å². The van der Waals surface area contributed by atoms with Crippen LogP contribution in [0.3, 0.4) is 0 Å². The zero-order valence-corrected chi connectivity index (χ0v) is 15.5. The first-order valence-electron chi connectivity index (χ1n) is 9.19. The normalized spacial score (nSPS) is 25.0. The molecule has 2 saturated carbocycles. The van der Waals surface area contributed by atoms with Gasteiger partial charge in [-0.1, -0.05) is 25.0 Å². The van der Waals surface area contributed by atoms with Gasteiger partial charge in [-0.3, -0.25) is 0 Å². The van der Waals surface area contributed by atoms with Gasteiger partial charge in [0.25, 0.3) is 0 Å². The standard InChI is InChI=1S/C19H29NO3S/c1-14(2)24(21,22)20-19-6-4-3-5-17(19)13-23-18-11-9-16(10-12-18)15-7-8-15/h9-12,14-15,17,19-20H,3-8,13H2,1-2H3/t17-,19+/m1/s1. The van der Waals surface area contributed by atoms with Gasteiger partial charge in [0.2, 0.25) is 10.0 Å². The third-order valence-electron chi connectivity index (χ3n) is 5.24. The Bertz CT molecular complexity index is 635. The molecule has 1 aromatic carbocycles. The van der Waals surface area contributed by atoms with Gasteiger partial charge >= 0.3 is 0 Å². The monoisotopic (exact) mass is 351 g/mol. The van der Waals surface area contributed by atoms with Crippen LogP contribution < -0.4 is 9.46 Å². The molecule has 0 unspecified atom stereocenters. The lowest BCUT2D eigenvalue weighted by Crippen LogP contribution is -2.46. The van der Waals surface area contributed by atoms with E-state index < -0.39 is 15.3 Å². The lowest BCUT2D eigenvalue weighted by atomic mass is 9.86. The molecule has 0 amide bonds. The van der Waals surface area contributed by atoms with Crippen molar-refractivity contribution >= 4 is 10.0 Å². The Morgan fingerprint density at radius 2 is 1.75 bits per heavy atom. The molecule has 0 saturated heterocycles. The Labute approximate surface area is 146 Å². The summed E-state index contributed by atoms with van der Waals surface area (Å²) in [6.45, 7) is 4.02. The summed E-state index contributed by atoms with van der Waals surface area (Å²) in [6, 6.07) is 8.41. The highest BCUT2D eigenvalue weighted by atomic mass is 32.2. The van der Waals surface area contributed by atoms with Crippen molar-refractivity contribution in [2.45, 2.75) is 69.6 Å². The maximum absolute atomic E-state index is 12.2. The second-order valence-electron chi connectivity index (χ2n) is 7.52. The van der Waals surface area contributed by atoms with Crippen LogP contribution >= 0.6 is 0 Å². The van der Waals surface area contributed by atoms with Crippen LogP contribution in [0.1, 0.15) is 63.9 Å². The van der Waals surface area contributed by atoms with Gasteiger partial charge < -0.3 is 4.74 Å². The molecule has 1 aromatic rings. The topological polar surface area (TPSA) is 55.4 Å². The van der Waals surface area contributed by atoms with E-state index in [1.165, 1.54) is 18.4 Å². The van der Waals surface area contributed by atoms with E-state index in [1.54, 1.807) is 13.8 Å². The molecule has 2 atom stereocenters. The number of nitrogens with one attached hydrogen (secondary N) is 1. The van der Waals surface area contributed by atoms with Crippen LogP contribution in [0, 0.1) is 5.92 Å². The summed E-state index contributed by atoms with van der Waals surface area (Å²) in [5, 5.41) is -0.393. The van der Waals surface area contributed by atoms with Gasteiger partial charge in [0.05, 0.1) is 11.9 Å². The van der Waals surface area contributed by atoms with Crippen molar-refractivity contribution < 1.29 is 13.2 Å². The van der Waals surface area contributed by atoms with Crippen molar-refractivity contribution in [2.75, 3.05) is 6.61 Å². The first kappa shape index (κ1) is 17.7. The zero-order valence-electron chi connectivity index (χ0n) is 14.7. The van der Waals surface area contributed by atoms with Gasteiger partial charge in [-0.05, 0) is 63.1 Å². The number of benzene rings is 1. The van der Waals surface area contributed by atoms with Crippen LogP contribution in [-0.4, -0.2) is 26.3 Å². The Kier molecular flexibility index (Phi) is 5.50. The van der Waals surface area contributed by atoms with E-state index >= 15 is 0 Å². The first-order chi connectivity index (χ1) is 11.5. The average Bonchev–Trinajstić information content (AvgIpc) is 3.39. The fraction of sp³-hybridized carbons (Fsp3) is 0.684. The summed E-state index contributed by atoms with van der Waals surface area (Å²) in [6.07, 6.45) is 6.76. The number of ether oxygens (including phenoxy) is 1. The molecule has 1 N–H and O–H groups in total. The molecule has 0 bridgehead atoms. The van der Waals surface area contributed by atoms with Crippen molar-refractivity contribution in [2.24, 2.45) is 5.92 Å². The number of hydrogen-bond acceptors (Lipinski definition) is 3. The van der Waals surface area contributed by atoms with Crippen LogP contribution in [0.25, 0.3) is 0 Å². The van der Waals surface area contributed by atoms with Crippen molar-refractivity contribution in [3.8, 4) is 5.75 Å². The van der Waals surface area contributed by atoms with E-state index in [0.717, 1.165) is 37.4 Å². The van der Waals surface area contributed by atoms with Crippen LogP contribution in [0.2, 0.25) is 0 Å². The third kappa shape index (κ3) is 4.51. The summed E-state index contributed by atoms with van der Waals surface area (Å²) in [5.74, 6) is 1.89. The van der Waals surface area contributed by atoms with E-state index in [0.29, 0.717) is 6.61 Å². The fourth-order valence-electron chi connectivity index (χ4n) is 3.37. The maximum atomic E-state index is 12.2. The summed E-state index contributed by atoms with van der Waals surface area (Å²) >= 11 is 0. The largest absolute Gasteiger partial charge is 0.493 e. The van der Waals surface area contributed by atoms with Crippen LogP contribution in [0.5, 0.6) is 5.75 Å². The van der Waals surface area contributed by atoms with Gasteiger partial charge in [0.15, 0.2) is 0 Å². The highest BCUT2D eigenvalue weighted by molar-refractivity contribution is 7.90. The Hall–Kier alpha value is -1.07. The first-order valence-corrected chi connectivity index (χ1v) is 10.7. The van der Waals surface area contributed by atoms with Crippen molar-refractivity contribution in [1.82, 2.24) is 4.72 Å². The molecular formula is C19H29NO3S. The Morgan fingerprint density at radius 1 is 1.08 bits per heavy atom. The molecule has 0 spiro atoms. The maximum Gasteiger partial charge on any atom is 0.214 e. The predicted octanol–water partition coefficient (Wildman–Crippen LogP) is 3.83. The summed E-state index contributed by atoms with van der Waals surface area (Å²) in [5.41, 5.74) is 1.41. The third-order valence-corrected chi connectivity index (χ3v) is 7.11. The molecule has 134 valence electrons. The van der Waals surface area contributed by atoms with Crippen molar-refractivity contribution in [3.63, 3.8) is 0 Å². The molecule has 2 aliphatic carbocycles. The van der Waals surface area contributed by atoms with Crippen molar-refractivity contribution in [1.29, 1.82) is 0 Å². The molecule has 0 aliphatic heterocycles. The lowest BCUT2D eigenvalue weighted by molar-refractivity contribution is 0.180. The van der Waals surface area contributed by atoms with Gasteiger partial charge in [-0.2, -0.15) is 0 Å². The quantitative estimate of drug-likeness (QED) is 0.812. The molecule has 2 aliphatic rings. The van der Waals surface area contributed by atoms with Crippen LogP contribution in [-0.2, 0) is 10.0 Å². The Balaban J connectivity index is 1.57.